The van der Waals surface area contributed by atoms with Gasteiger partial charge < -0.3 is 0 Å². The number of rotatable bonds is 0. The minimum Gasteiger partial charge on any atom is -0.0805 e. The van der Waals surface area contributed by atoms with Crippen molar-refractivity contribution in [2.24, 2.45) is 0 Å². The Labute approximate surface area is 124 Å². The molecular formula is C10H10GeInSi2. The molecule has 0 aliphatic rings. The van der Waals surface area contributed by atoms with Gasteiger partial charge in [0.05, 0.1) is 0 Å². The molecule has 14 heavy (non-hydrogen) atoms. The Kier molecular flexibility index (Phi) is 33.2. The van der Waals surface area contributed by atoms with Gasteiger partial charge in [0.1, 0.15) is 0 Å². The fraction of sp³-hybridized carbons (Fsp3) is 0. The molecule has 0 saturated carbocycles. The molecule has 15 radical (unpaired) electrons. The van der Waals surface area contributed by atoms with E-state index in [1.165, 1.54) is 0 Å². The van der Waals surface area contributed by atoms with E-state index in [9.17, 15) is 0 Å². The van der Waals surface area contributed by atoms with Gasteiger partial charge in [0.2, 0.25) is 0 Å². The largest absolute Gasteiger partial charge is 0.0805 e. The van der Waals surface area contributed by atoms with Crippen LogP contribution in [0, 0.1) is 7.43 Å². The van der Waals surface area contributed by atoms with E-state index in [2.05, 4.69) is 35.6 Å². The maximum atomic E-state index is 2.21. The van der Waals surface area contributed by atoms with E-state index >= 15 is 0 Å². The summed E-state index contributed by atoms with van der Waals surface area (Å²) in [4.78, 5) is 0. The first-order chi connectivity index (χ1) is 5.00. The van der Waals surface area contributed by atoms with Crippen molar-refractivity contribution in [2.75, 3.05) is 0 Å². The van der Waals surface area contributed by atoms with Gasteiger partial charge in [-0.3, -0.25) is 0 Å². The van der Waals surface area contributed by atoms with Gasteiger partial charge in [0.25, 0.3) is 0 Å². The smallest absolute Gasteiger partial charge is 0.0198 e. The summed E-state index contributed by atoms with van der Waals surface area (Å²) in [5.74, 6) is 0. The third-order valence-electron chi connectivity index (χ3n) is 1.11. The zero-order valence-electron chi connectivity index (χ0n) is 7.85. The first kappa shape index (κ1) is 24.1. The topological polar surface area (TPSA) is 0 Å². The summed E-state index contributed by atoms with van der Waals surface area (Å²) in [6.45, 7) is 0. The van der Waals surface area contributed by atoms with Gasteiger partial charge in [-0.1, -0.05) is 53.8 Å². The molecule has 4 heteroatoms. The van der Waals surface area contributed by atoms with Gasteiger partial charge in [-0.2, -0.15) is 0 Å². The molecule has 0 N–H and O–H groups in total. The molecule has 0 amide bonds. The molecule has 0 aliphatic heterocycles. The summed E-state index contributed by atoms with van der Waals surface area (Å²) in [5, 5.41) is 0. The van der Waals surface area contributed by atoms with Crippen molar-refractivity contribution in [3.63, 3.8) is 0 Å². The predicted octanol–water partition coefficient (Wildman–Crippen LogP) is 0.820. The second-order valence-electron chi connectivity index (χ2n) is 1.92. The summed E-state index contributed by atoms with van der Waals surface area (Å²) in [7, 11) is 0.371. The average Bonchev–Trinajstić information content (AvgIpc) is 2.01. The summed E-state index contributed by atoms with van der Waals surface area (Å²) in [6, 6.07) is 14.4. The van der Waals surface area contributed by atoms with E-state index in [0.29, 0.717) is 9.12 Å². The van der Waals surface area contributed by atoms with E-state index in [4.69, 9.17) is 0 Å². The molecule has 65 valence electrons. The molecule has 1 heterocycles. The van der Waals surface area contributed by atoms with E-state index in [1.807, 2.05) is 18.2 Å². The monoisotopic (exact) mass is 375 g/mol. The Morgan fingerprint density at radius 3 is 1.29 bits per heavy atom. The first-order valence-electron chi connectivity index (χ1n) is 3.33. The first-order valence-corrected chi connectivity index (χ1v) is 4.67. The second kappa shape index (κ2) is 19.3. The maximum absolute atomic E-state index is 2.21. The van der Waals surface area contributed by atoms with Crippen LogP contribution < -0.4 is 0 Å². The fourth-order valence-electron chi connectivity index (χ4n) is 0.642. The summed E-state index contributed by atoms with van der Waals surface area (Å²) in [5.41, 5.74) is 4.42. The molecule has 0 saturated heterocycles. The minimum atomic E-state index is 0. The molecule has 0 aliphatic carbocycles. The van der Waals surface area contributed by atoms with Gasteiger partial charge in [-0.05, 0) is 0 Å². The fourth-order valence-corrected chi connectivity index (χ4v) is 1.28. The van der Waals surface area contributed by atoms with Crippen molar-refractivity contribution in [3.8, 4) is 0 Å². The number of hydrogen-bond acceptors (Lipinski definition) is 0. The van der Waals surface area contributed by atoms with Crippen LogP contribution >= 0.6 is 0 Å². The van der Waals surface area contributed by atoms with Crippen LogP contribution in [-0.4, -0.2) is 63.5 Å². The molecule has 1 aromatic rings. The van der Waals surface area contributed by atoms with Crippen LogP contribution in [0.1, 0.15) is 0 Å². The van der Waals surface area contributed by atoms with Crippen molar-refractivity contribution >= 4 is 63.5 Å². The minimum absolute atomic E-state index is 0. The van der Waals surface area contributed by atoms with Gasteiger partial charge in [0, 0.05) is 71.0 Å². The quantitative estimate of drug-likeness (QED) is 0.591. The predicted molar refractivity (Wildman–Crippen MR) is 67.3 cm³/mol. The third kappa shape index (κ3) is 15.2. The Balaban J connectivity index is -0.000000125. The molecule has 0 bridgehead atoms. The van der Waals surface area contributed by atoms with Crippen LogP contribution in [0.15, 0.2) is 53.8 Å². The molecule has 0 nitrogen and oxygen atoms in total. The van der Waals surface area contributed by atoms with E-state index < -0.39 is 0 Å². The van der Waals surface area contributed by atoms with Crippen molar-refractivity contribution in [1.82, 2.24) is 0 Å². The molecule has 0 fully saturated rings. The standard InChI is InChI=1S/C9H10Si.C.Ge.In.Si/c1-2-4-6-8-10-9-7-5-3-1;;;;/h1-10H;;;;. The Morgan fingerprint density at radius 1 is 0.643 bits per heavy atom. The van der Waals surface area contributed by atoms with Gasteiger partial charge >= 0.3 is 0 Å². The summed E-state index contributed by atoms with van der Waals surface area (Å²) >= 11 is 0. The van der Waals surface area contributed by atoms with E-state index in [0.717, 1.165) is 0 Å². The molecule has 0 aromatic carbocycles. The second-order valence-corrected chi connectivity index (χ2v) is 3.08. The molecule has 0 spiro atoms. The summed E-state index contributed by atoms with van der Waals surface area (Å²) in [6.07, 6.45) is 0. The van der Waals surface area contributed by atoms with E-state index in [-0.39, 0.29) is 61.8 Å². The zero-order valence-corrected chi connectivity index (χ0v) is 15.4. The van der Waals surface area contributed by atoms with Crippen molar-refractivity contribution in [1.29, 1.82) is 0 Å². The van der Waals surface area contributed by atoms with Crippen molar-refractivity contribution in [2.45, 2.75) is 0 Å². The molecule has 0 atom stereocenters. The van der Waals surface area contributed by atoms with Crippen LogP contribution in [0.3, 0.4) is 0 Å². The molecular weight excluding hydrogens is 364 g/mol. The Bertz CT molecular complexity index is 157. The zero-order chi connectivity index (χ0) is 7.07. The third-order valence-corrected chi connectivity index (χ3v) is 2.00. The van der Waals surface area contributed by atoms with Crippen LogP contribution in [-0.2, 0) is 0 Å². The molecule has 0 unspecified atom stereocenters. The Hall–Kier alpha value is 0.677. The van der Waals surface area contributed by atoms with Crippen LogP contribution in [0.2, 0.25) is 0 Å². The van der Waals surface area contributed by atoms with Gasteiger partial charge in [0.15, 0.2) is 0 Å². The normalized spacial score (nSPS) is 5.71. The van der Waals surface area contributed by atoms with Crippen LogP contribution in [0.4, 0.5) is 0 Å². The number of hydrogen-bond donors (Lipinski definition) is 0. The van der Waals surface area contributed by atoms with Crippen LogP contribution in [0.25, 0.3) is 0 Å². The van der Waals surface area contributed by atoms with Crippen molar-refractivity contribution < 1.29 is 0 Å². The summed E-state index contributed by atoms with van der Waals surface area (Å²) < 4.78 is 0. The van der Waals surface area contributed by atoms with Gasteiger partial charge in [-0.15, -0.1) is 0 Å². The van der Waals surface area contributed by atoms with Crippen molar-refractivity contribution in [3.05, 3.63) is 61.2 Å². The van der Waals surface area contributed by atoms with Gasteiger partial charge in [-0.25, -0.2) is 0 Å². The van der Waals surface area contributed by atoms with Crippen LogP contribution in [0.5, 0.6) is 0 Å². The SMILES string of the molecule is [C].[Ge].[In].[Si].c1cccc[siH]cccc1. The molecule has 1 aromatic heterocycles. The average molecular weight is 374 g/mol. The molecule has 1 rings (SSSR count). The maximum Gasteiger partial charge on any atom is 0.0198 e. The Morgan fingerprint density at radius 2 is 0.929 bits per heavy atom. The van der Waals surface area contributed by atoms with E-state index in [1.54, 1.807) is 0 Å².